The first kappa shape index (κ1) is 25.1. The molecule has 1 aliphatic carbocycles. The molecule has 1 saturated carbocycles. The number of aromatic nitrogens is 5. The molecule has 0 radical (unpaired) electrons. The molecular weight excluding hydrogens is 492 g/mol. The lowest BCUT2D eigenvalue weighted by Gasteiger charge is -2.34. The van der Waals surface area contributed by atoms with Gasteiger partial charge in [0.05, 0.1) is 12.0 Å². The maximum absolute atomic E-state index is 13.4. The largest absolute Gasteiger partial charge is 0.474 e. The molecule has 200 valence electrons. The van der Waals surface area contributed by atoms with Crippen molar-refractivity contribution in [1.82, 2.24) is 29.6 Å². The minimum Gasteiger partial charge on any atom is -0.474 e. The van der Waals surface area contributed by atoms with Gasteiger partial charge in [0.2, 0.25) is 11.8 Å². The number of anilines is 2. The zero-order valence-corrected chi connectivity index (χ0v) is 22.6. The summed E-state index contributed by atoms with van der Waals surface area (Å²) in [5.74, 6) is 1.42. The first-order chi connectivity index (χ1) is 18.7. The van der Waals surface area contributed by atoms with Gasteiger partial charge in [0, 0.05) is 42.4 Å². The van der Waals surface area contributed by atoms with Crippen LogP contribution in [0.25, 0.3) is 16.9 Å². The Balaban J connectivity index is 1.37. The summed E-state index contributed by atoms with van der Waals surface area (Å²) >= 11 is 0. The molecule has 0 saturated heterocycles. The molecule has 0 bridgehead atoms. The third kappa shape index (κ3) is 4.53. The molecule has 3 aromatic heterocycles. The summed E-state index contributed by atoms with van der Waals surface area (Å²) in [5, 5.41) is 16.4. The van der Waals surface area contributed by atoms with Gasteiger partial charge in [0.15, 0.2) is 11.5 Å². The predicted octanol–water partition coefficient (Wildman–Crippen LogP) is 4.36. The van der Waals surface area contributed by atoms with E-state index in [2.05, 4.69) is 47.7 Å². The third-order valence-electron chi connectivity index (χ3n) is 7.60. The van der Waals surface area contributed by atoms with Crippen molar-refractivity contribution < 1.29 is 4.74 Å². The fourth-order valence-electron chi connectivity index (χ4n) is 5.49. The van der Waals surface area contributed by atoms with Crippen molar-refractivity contribution in [2.45, 2.75) is 64.6 Å². The number of nitrogens with one attached hydrogen (secondary N) is 2. The van der Waals surface area contributed by atoms with E-state index >= 15 is 0 Å². The van der Waals surface area contributed by atoms with Gasteiger partial charge in [-0.15, -0.1) is 0 Å². The van der Waals surface area contributed by atoms with Crippen LogP contribution in [-0.4, -0.2) is 37.0 Å². The quantitative estimate of drug-likeness (QED) is 0.381. The van der Waals surface area contributed by atoms with Crippen LogP contribution in [0.2, 0.25) is 0 Å². The Hall–Kier alpha value is -4.23. The molecule has 6 rings (SSSR count). The fraction of sp³-hybridized carbons (Fsp3) is 0.414. The summed E-state index contributed by atoms with van der Waals surface area (Å²) in [7, 11) is 0. The molecule has 10 heteroatoms. The molecule has 2 aliphatic rings. The van der Waals surface area contributed by atoms with Crippen molar-refractivity contribution in [2.75, 3.05) is 11.9 Å². The lowest BCUT2D eigenvalue weighted by atomic mass is 9.83. The van der Waals surface area contributed by atoms with E-state index in [-0.39, 0.29) is 29.2 Å². The molecule has 4 heterocycles. The molecule has 1 fully saturated rings. The van der Waals surface area contributed by atoms with Gasteiger partial charge in [0.1, 0.15) is 11.5 Å². The molecule has 2 N–H and O–H groups in total. The Morgan fingerprint density at radius 3 is 2.79 bits per heavy atom. The second-order valence-electron chi connectivity index (χ2n) is 11.2. The van der Waals surface area contributed by atoms with E-state index in [1.807, 2.05) is 32.0 Å². The predicted molar refractivity (Wildman–Crippen MR) is 149 cm³/mol. The van der Waals surface area contributed by atoms with E-state index in [4.69, 9.17) is 20.0 Å². The van der Waals surface area contributed by atoms with Crippen LogP contribution in [0.15, 0.2) is 47.4 Å². The van der Waals surface area contributed by atoms with Gasteiger partial charge in [-0.1, -0.05) is 12.1 Å². The smallest absolute Gasteiger partial charge is 0.278 e. The van der Waals surface area contributed by atoms with Gasteiger partial charge in [-0.25, -0.2) is 14.3 Å². The Morgan fingerprint density at radius 2 is 2.03 bits per heavy atom. The van der Waals surface area contributed by atoms with Crippen molar-refractivity contribution in [3.05, 3.63) is 64.1 Å². The van der Waals surface area contributed by atoms with E-state index in [0.29, 0.717) is 41.5 Å². The fourth-order valence-corrected chi connectivity index (χ4v) is 5.49. The number of ether oxygens (including phenoxy) is 1. The van der Waals surface area contributed by atoms with E-state index < -0.39 is 0 Å². The van der Waals surface area contributed by atoms with Crippen LogP contribution < -0.4 is 20.9 Å². The Kier molecular flexibility index (Phi) is 6.11. The molecule has 0 spiro atoms. The molecule has 10 nitrogen and oxygen atoms in total. The van der Waals surface area contributed by atoms with Gasteiger partial charge < -0.3 is 15.4 Å². The number of hydrogen-bond acceptors (Lipinski definition) is 8. The number of pyridine rings is 1. The number of benzene rings is 1. The first-order valence-electron chi connectivity index (χ1n) is 13.4. The van der Waals surface area contributed by atoms with E-state index in [1.165, 1.54) is 11.1 Å². The van der Waals surface area contributed by atoms with Crippen LogP contribution in [0.4, 0.5) is 11.6 Å². The van der Waals surface area contributed by atoms with Crippen LogP contribution in [-0.2, 0) is 12.0 Å². The van der Waals surface area contributed by atoms with Crippen molar-refractivity contribution in [1.29, 1.82) is 5.26 Å². The monoisotopic (exact) mass is 524 g/mol. The summed E-state index contributed by atoms with van der Waals surface area (Å²) < 4.78 is 9.39. The SMILES string of the molecule is CC(C)n1c(=O)c2cnc(Nc3ccc4c(c3)CCNC4(C)C)nc2n1-c1cccc(OC2CC(C#N)C2)n1. The Labute approximate surface area is 226 Å². The maximum atomic E-state index is 13.4. The van der Waals surface area contributed by atoms with Crippen LogP contribution in [0.3, 0.4) is 0 Å². The minimum absolute atomic E-state index is 0.0257. The Morgan fingerprint density at radius 1 is 1.21 bits per heavy atom. The lowest BCUT2D eigenvalue weighted by molar-refractivity contribution is 0.0845. The molecule has 1 aromatic carbocycles. The summed E-state index contributed by atoms with van der Waals surface area (Å²) in [5.41, 5.74) is 3.69. The zero-order valence-electron chi connectivity index (χ0n) is 22.6. The van der Waals surface area contributed by atoms with E-state index in [1.54, 1.807) is 21.6 Å². The van der Waals surface area contributed by atoms with Crippen LogP contribution in [0, 0.1) is 17.2 Å². The van der Waals surface area contributed by atoms with Crippen LogP contribution in [0.1, 0.15) is 57.7 Å². The normalized spacial score (nSPS) is 19.8. The maximum Gasteiger partial charge on any atom is 0.278 e. The number of nitriles is 1. The molecule has 39 heavy (non-hydrogen) atoms. The summed E-state index contributed by atoms with van der Waals surface area (Å²) in [6, 6.07) is 13.9. The summed E-state index contributed by atoms with van der Waals surface area (Å²) in [4.78, 5) is 27.3. The second-order valence-corrected chi connectivity index (χ2v) is 11.2. The highest BCUT2D eigenvalue weighted by Crippen LogP contribution is 2.32. The van der Waals surface area contributed by atoms with E-state index in [9.17, 15) is 4.79 Å². The van der Waals surface area contributed by atoms with Gasteiger partial charge >= 0.3 is 0 Å². The van der Waals surface area contributed by atoms with Crippen LogP contribution in [0.5, 0.6) is 5.88 Å². The molecule has 4 aromatic rings. The van der Waals surface area contributed by atoms with Crippen molar-refractivity contribution in [3.8, 4) is 17.8 Å². The standard InChI is InChI=1S/C29H32N8O2/c1-17(2)36-27(38)22-16-31-28(33-20-8-9-23-19(14-20)10-11-32-29(23,3)4)35-26(22)37(36)24-6-5-7-25(34-24)39-21-12-18(13-21)15-30/h5-9,14,16-18,21,32H,10-13H2,1-4H3,(H,31,33,35). The van der Waals surface area contributed by atoms with Gasteiger partial charge in [-0.3, -0.25) is 4.79 Å². The van der Waals surface area contributed by atoms with Gasteiger partial charge in [-0.2, -0.15) is 15.2 Å². The van der Waals surface area contributed by atoms with Crippen molar-refractivity contribution in [2.24, 2.45) is 5.92 Å². The molecule has 0 amide bonds. The highest BCUT2D eigenvalue weighted by atomic mass is 16.5. The van der Waals surface area contributed by atoms with E-state index in [0.717, 1.165) is 18.7 Å². The number of rotatable bonds is 6. The zero-order chi connectivity index (χ0) is 27.3. The average Bonchev–Trinajstić information content (AvgIpc) is 3.17. The van der Waals surface area contributed by atoms with Crippen molar-refractivity contribution >= 4 is 22.7 Å². The highest BCUT2D eigenvalue weighted by Gasteiger charge is 2.31. The number of hydrogen-bond donors (Lipinski definition) is 2. The number of fused-ring (bicyclic) bond motifs is 2. The van der Waals surface area contributed by atoms with Crippen LogP contribution >= 0.6 is 0 Å². The molecule has 0 atom stereocenters. The summed E-state index contributed by atoms with van der Waals surface area (Å²) in [6.45, 7) is 9.21. The summed E-state index contributed by atoms with van der Waals surface area (Å²) in [6.07, 6.45) is 3.90. The van der Waals surface area contributed by atoms with Crippen molar-refractivity contribution in [3.63, 3.8) is 0 Å². The molecule has 0 unspecified atom stereocenters. The molecular formula is C29H32N8O2. The third-order valence-corrected chi connectivity index (χ3v) is 7.60. The Bertz CT molecular complexity index is 1660. The highest BCUT2D eigenvalue weighted by molar-refractivity contribution is 5.77. The van der Waals surface area contributed by atoms with Gasteiger partial charge in [-0.05, 0) is 70.0 Å². The van der Waals surface area contributed by atoms with Gasteiger partial charge in [0.25, 0.3) is 5.56 Å². The first-order valence-corrected chi connectivity index (χ1v) is 13.4. The topological polar surface area (TPSA) is 123 Å². The molecule has 1 aliphatic heterocycles. The lowest BCUT2D eigenvalue weighted by Crippen LogP contribution is -2.42. The number of nitrogens with zero attached hydrogens (tertiary/aromatic N) is 6. The minimum atomic E-state index is -0.181. The second kappa shape index (κ2) is 9.50. The average molecular weight is 525 g/mol.